The molecule has 3 aromatic rings. The maximum Gasteiger partial charge on any atom is 0.0972 e. The summed E-state index contributed by atoms with van der Waals surface area (Å²) in [6.45, 7) is 1.02. The molecular weight excluding hydrogens is 320 g/mol. The fourth-order valence-electron chi connectivity index (χ4n) is 2.56. The van der Waals surface area contributed by atoms with Crippen molar-refractivity contribution in [2.45, 2.75) is 6.54 Å². The molecule has 0 unspecified atom stereocenters. The van der Waals surface area contributed by atoms with Gasteiger partial charge >= 0.3 is 0 Å². The van der Waals surface area contributed by atoms with Crippen LogP contribution in [0.15, 0.2) is 60.8 Å². The SMILES string of the molecule is CN(CC#N)Cc1cn(-c2ccccc2)nc1-c1ccc(Cl)cc1. The molecule has 2 aromatic carbocycles. The minimum absolute atomic E-state index is 0.372. The maximum atomic E-state index is 8.89. The standard InChI is InChI=1S/C19H17ClN4/c1-23(12-11-21)13-16-14-24(18-5-3-2-4-6-18)22-19(16)15-7-9-17(20)10-8-15/h2-10,14H,12-13H2,1H3. The summed E-state index contributed by atoms with van der Waals surface area (Å²) >= 11 is 6.00. The van der Waals surface area contributed by atoms with Gasteiger partial charge in [0, 0.05) is 28.9 Å². The van der Waals surface area contributed by atoms with E-state index in [-0.39, 0.29) is 0 Å². The first-order chi connectivity index (χ1) is 11.7. The van der Waals surface area contributed by atoms with E-state index in [0.717, 1.165) is 22.5 Å². The molecule has 0 aliphatic heterocycles. The lowest BCUT2D eigenvalue weighted by Gasteiger charge is -2.12. The summed E-state index contributed by atoms with van der Waals surface area (Å²) in [6.07, 6.45) is 2.02. The highest BCUT2D eigenvalue weighted by Gasteiger charge is 2.14. The van der Waals surface area contributed by atoms with Gasteiger partial charge in [0.15, 0.2) is 0 Å². The van der Waals surface area contributed by atoms with Crippen molar-refractivity contribution in [2.75, 3.05) is 13.6 Å². The Labute approximate surface area is 146 Å². The van der Waals surface area contributed by atoms with Crippen molar-refractivity contribution in [3.8, 4) is 23.0 Å². The van der Waals surface area contributed by atoms with Crippen LogP contribution in [0.2, 0.25) is 5.02 Å². The molecule has 0 saturated heterocycles. The van der Waals surface area contributed by atoms with Gasteiger partial charge in [-0.2, -0.15) is 10.4 Å². The number of rotatable bonds is 5. The molecule has 0 spiro atoms. The zero-order valence-corrected chi connectivity index (χ0v) is 14.1. The Morgan fingerprint density at radius 2 is 1.83 bits per heavy atom. The summed E-state index contributed by atoms with van der Waals surface area (Å²) < 4.78 is 1.87. The van der Waals surface area contributed by atoms with Gasteiger partial charge in [-0.15, -0.1) is 0 Å². The van der Waals surface area contributed by atoms with Crippen molar-refractivity contribution in [2.24, 2.45) is 0 Å². The van der Waals surface area contributed by atoms with Crippen LogP contribution in [0.5, 0.6) is 0 Å². The monoisotopic (exact) mass is 336 g/mol. The summed E-state index contributed by atoms with van der Waals surface area (Å²) in [5.74, 6) is 0. The molecule has 0 bridgehead atoms. The number of nitrogens with zero attached hydrogens (tertiary/aromatic N) is 4. The summed E-state index contributed by atoms with van der Waals surface area (Å²) in [5, 5.41) is 14.3. The summed E-state index contributed by atoms with van der Waals surface area (Å²) in [5.41, 5.74) is 3.98. The van der Waals surface area contributed by atoms with Crippen LogP contribution in [0.3, 0.4) is 0 Å². The number of aromatic nitrogens is 2. The van der Waals surface area contributed by atoms with Crippen molar-refractivity contribution in [1.29, 1.82) is 5.26 Å². The topological polar surface area (TPSA) is 44.9 Å². The number of para-hydroxylation sites is 1. The van der Waals surface area contributed by atoms with E-state index in [1.165, 1.54) is 0 Å². The van der Waals surface area contributed by atoms with Gasteiger partial charge in [0.1, 0.15) is 0 Å². The van der Waals surface area contributed by atoms with Gasteiger partial charge in [-0.3, -0.25) is 4.90 Å². The Morgan fingerprint density at radius 3 is 2.50 bits per heavy atom. The van der Waals surface area contributed by atoms with Crippen LogP contribution in [-0.2, 0) is 6.54 Å². The first kappa shape index (κ1) is 16.3. The molecule has 0 N–H and O–H groups in total. The number of hydrogen-bond donors (Lipinski definition) is 0. The van der Waals surface area contributed by atoms with E-state index in [0.29, 0.717) is 18.1 Å². The highest BCUT2D eigenvalue weighted by atomic mass is 35.5. The normalized spacial score (nSPS) is 10.8. The molecule has 0 amide bonds. The van der Waals surface area contributed by atoms with E-state index in [1.807, 2.05) is 77.4 Å². The van der Waals surface area contributed by atoms with Crippen LogP contribution >= 0.6 is 11.6 Å². The van der Waals surface area contributed by atoms with Crippen LogP contribution in [0.1, 0.15) is 5.56 Å². The predicted molar refractivity (Wildman–Crippen MR) is 96.0 cm³/mol. The molecule has 0 atom stereocenters. The average molecular weight is 337 g/mol. The van der Waals surface area contributed by atoms with Crippen molar-refractivity contribution in [1.82, 2.24) is 14.7 Å². The summed E-state index contributed by atoms with van der Waals surface area (Å²) in [4.78, 5) is 1.96. The Kier molecular flexibility index (Phi) is 4.95. The third-order valence-electron chi connectivity index (χ3n) is 3.71. The lowest BCUT2D eigenvalue weighted by molar-refractivity contribution is 0.368. The van der Waals surface area contributed by atoms with E-state index in [1.54, 1.807) is 0 Å². The van der Waals surface area contributed by atoms with Gasteiger partial charge in [-0.1, -0.05) is 41.9 Å². The van der Waals surface area contributed by atoms with Crippen LogP contribution in [0, 0.1) is 11.3 Å². The van der Waals surface area contributed by atoms with E-state index < -0.39 is 0 Å². The molecule has 0 aliphatic carbocycles. The van der Waals surface area contributed by atoms with Gasteiger partial charge < -0.3 is 0 Å². The van der Waals surface area contributed by atoms with Crippen LogP contribution in [0.25, 0.3) is 16.9 Å². The van der Waals surface area contributed by atoms with Crippen LogP contribution in [-0.4, -0.2) is 28.3 Å². The molecule has 1 aromatic heterocycles. The third kappa shape index (κ3) is 3.65. The zero-order chi connectivity index (χ0) is 16.9. The number of hydrogen-bond acceptors (Lipinski definition) is 3. The fraction of sp³-hybridized carbons (Fsp3) is 0.158. The minimum atomic E-state index is 0.372. The fourth-order valence-corrected chi connectivity index (χ4v) is 2.68. The Morgan fingerprint density at radius 1 is 1.12 bits per heavy atom. The Hall–Kier alpha value is -2.61. The number of nitriles is 1. The van der Waals surface area contributed by atoms with E-state index in [9.17, 15) is 0 Å². The van der Waals surface area contributed by atoms with Gasteiger partial charge in [0.2, 0.25) is 0 Å². The second-order valence-electron chi connectivity index (χ2n) is 5.62. The summed E-state index contributed by atoms with van der Waals surface area (Å²) in [7, 11) is 1.93. The van der Waals surface area contributed by atoms with E-state index in [2.05, 4.69) is 6.07 Å². The van der Waals surface area contributed by atoms with Crippen LogP contribution in [0.4, 0.5) is 0 Å². The van der Waals surface area contributed by atoms with Crippen molar-refractivity contribution in [3.63, 3.8) is 0 Å². The molecule has 3 rings (SSSR count). The first-order valence-electron chi connectivity index (χ1n) is 7.63. The molecule has 0 fully saturated rings. The highest BCUT2D eigenvalue weighted by molar-refractivity contribution is 6.30. The van der Waals surface area contributed by atoms with E-state index >= 15 is 0 Å². The molecule has 4 nitrogen and oxygen atoms in total. The lowest BCUT2D eigenvalue weighted by Crippen LogP contribution is -2.17. The molecule has 5 heteroatoms. The molecule has 0 radical (unpaired) electrons. The van der Waals surface area contributed by atoms with E-state index in [4.69, 9.17) is 22.0 Å². The second kappa shape index (κ2) is 7.31. The Bertz CT molecular complexity index is 847. The smallest absolute Gasteiger partial charge is 0.0972 e. The maximum absolute atomic E-state index is 8.89. The minimum Gasteiger partial charge on any atom is -0.289 e. The van der Waals surface area contributed by atoms with Crippen molar-refractivity contribution < 1.29 is 0 Å². The third-order valence-corrected chi connectivity index (χ3v) is 3.96. The summed E-state index contributed by atoms with van der Waals surface area (Å²) in [6, 6.07) is 19.8. The molecule has 0 aliphatic rings. The van der Waals surface area contributed by atoms with Gasteiger partial charge in [0.25, 0.3) is 0 Å². The molecule has 120 valence electrons. The molecule has 1 heterocycles. The largest absolute Gasteiger partial charge is 0.289 e. The van der Waals surface area contributed by atoms with Crippen molar-refractivity contribution in [3.05, 3.63) is 71.4 Å². The molecular formula is C19H17ClN4. The first-order valence-corrected chi connectivity index (χ1v) is 8.00. The predicted octanol–water partition coefficient (Wildman–Crippen LogP) is 4.15. The van der Waals surface area contributed by atoms with Gasteiger partial charge in [-0.25, -0.2) is 4.68 Å². The number of benzene rings is 2. The lowest BCUT2D eigenvalue weighted by atomic mass is 10.1. The quantitative estimate of drug-likeness (QED) is 0.657. The van der Waals surface area contributed by atoms with Gasteiger partial charge in [-0.05, 0) is 31.3 Å². The average Bonchev–Trinajstić information content (AvgIpc) is 3.00. The Balaban J connectivity index is 2.03. The molecule has 24 heavy (non-hydrogen) atoms. The van der Waals surface area contributed by atoms with Gasteiger partial charge in [0.05, 0.1) is 24.0 Å². The zero-order valence-electron chi connectivity index (χ0n) is 13.4. The highest BCUT2D eigenvalue weighted by Crippen LogP contribution is 2.26. The second-order valence-corrected chi connectivity index (χ2v) is 6.06. The van der Waals surface area contributed by atoms with Crippen LogP contribution < -0.4 is 0 Å². The molecule has 0 saturated carbocycles. The number of halogens is 1. The van der Waals surface area contributed by atoms with Crippen molar-refractivity contribution >= 4 is 11.6 Å².